The second kappa shape index (κ2) is 6.77. The molecule has 86 valence electrons. The first-order valence-corrected chi connectivity index (χ1v) is 5.68. The Balaban J connectivity index is 2.71. The summed E-state index contributed by atoms with van der Waals surface area (Å²) in [4.78, 5) is 17.4. The van der Waals surface area contributed by atoms with Crippen molar-refractivity contribution >= 4 is 17.9 Å². The second-order valence-corrected chi connectivity index (χ2v) is 3.46. The highest BCUT2D eigenvalue weighted by molar-refractivity contribution is 5.96. The topological polar surface area (TPSA) is 32.7 Å². The van der Waals surface area contributed by atoms with E-state index in [-0.39, 0.29) is 6.03 Å². The molecule has 0 heterocycles. The molecule has 1 aromatic rings. The molecule has 1 rings (SSSR count). The average Bonchev–Trinajstić information content (AvgIpc) is 2.32. The van der Waals surface area contributed by atoms with Gasteiger partial charge in [0.25, 0.3) is 0 Å². The summed E-state index contributed by atoms with van der Waals surface area (Å²) >= 11 is 0. The number of amides is 2. The third kappa shape index (κ3) is 3.50. The number of carbonyl (C=O) groups is 1. The Bertz CT molecular complexity index is 346. The molecule has 0 spiro atoms. The van der Waals surface area contributed by atoms with E-state index in [1.807, 2.05) is 37.3 Å². The largest absolute Gasteiger partial charge is 0.347 e. The van der Waals surface area contributed by atoms with Crippen LogP contribution in [0.1, 0.15) is 26.7 Å². The first-order valence-electron chi connectivity index (χ1n) is 5.68. The molecule has 0 bridgehead atoms. The molecule has 0 fully saturated rings. The van der Waals surface area contributed by atoms with E-state index in [9.17, 15) is 4.79 Å². The van der Waals surface area contributed by atoms with Crippen molar-refractivity contribution in [2.75, 3.05) is 11.4 Å². The van der Waals surface area contributed by atoms with Gasteiger partial charge in [-0.3, -0.25) is 4.90 Å². The molecule has 0 aromatic heterocycles. The molecule has 0 radical (unpaired) electrons. The normalized spacial score (nSPS) is 10.6. The molecule has 0 atom stereocenters. The molecule has 3 heteroatoms. The van der Waals surface area contributed by atoms with E-state index in [4.69, 9.17) is 0 Å². The van der Waals surface area contributed by atoms with E-state index in [1.165, 1.54) is 0 Å². The fourth-order valence-electron chi connectivity index (χ4n) is 1.38. The zero-order valence-electron chi connectivity index (χ0n) is 9.89. The fraction of sp³-hybridized carbons (Fsp3) is 0.385. The van der Waals surface area contributed by atoms with Crippen molar-refractivity contribution in [2.24, 2.45) is 4.99 Å². The molecule has 0 aliphatic carbocycles. The van der Waals surface area contributed by atoms with E-state index in [0.717, 1.165) is 18.5 Å². The predicted octanol–water partition coefficient (Wildman–Crippen LogP) is 3.50. The third-order valence-corrected chi connectivity index (χ3v) is 2.23. The number of benzene rings is 1. The minimum Gasteiger partial charge on any atom is -0.293 e. The zero-order valence-corrected chi connectivity index (χ0v) is 9.89. The van der Waals surface area contributed by atoms with Crippen LogP contribution in [0, 0.1) is 0 Å². The number of carbonyl (C=O) groups excluding carboxylic acids is 1. The van der Waals surface area contributed by atoms with Crippen LogP contribution >= 0.6 is 0 Å². The highest BCUT2D eigenvalue weighted by Gasteiger charge is 2.10. The van der Waals surface area contributed by atoms with Gasteiger partial charge in [0.15, 0.2) is 0 Å². The molecule has 2 amide bonds. The Kier molecular flexibility index (Phi) is 5.26. The van der Waals surface area contributed by atoms with Gasteiger partial charge in [0.05, 0.1) is 0 Å². The summed E-state index contributed by atoms with van der Waals surface area (Å²) in [6.45, 7) is 4.64. The zero-order chi connectivity index (χ0) is 11.8. The smallest absolute Gasteiger partial charge is 0.293 e. The van der Waals surface area contributed by atoms with Crippen molar-refractivity contribution in [1.29, 1.82) is 0 Å². The summed E-state index contributed by atoms with van der Waals surface area (Å²) < 4.78 is 0. The standard InChI is InChI=1S/C13H18N2O/c1-3-5-11-14-13(16)15(4-2)12-9-7-6-8-10-12/h6-11H,3-5H2,1-2H3. The first kappa shape index (κ1) is 12.4. The number of unbranched alkanes of at least 4 members (excludes halogenated alkanes) is 1. The lowest BCUT2D eigenvalue weighted by atomic mass is 10.3. The van der Waals surface area contributed by atoms with Crippen LogP contribution < -0.4 is 4.90 Å². The van der Waals surface area contributed by atoms with Crippen LogP contribution in [-0.2, 0) is 0 Å². The van der Waals surface area contributed by atoms with Gasteiger partial charge in [-0.25, -0.2) is 9.79 Å². The van der Waals surface area contributed by atoms with Gasteiger partial charge in [0, 0.05) is 18.4 Å². The van der Waals surface area contributed by atoms with Crippen molar-refractivity contribution in [1.82, 2.24) is 0 Å². The van der Waals surface area contributed by atoms with Gasteiger partial charge in [0.1, 0.15) is 0 Å². The van der Waals surface area contributed by atoms with Gasteiger partial charge in [-0.2, -0.15) is 0 Å². The number of aliphatic imine (C=N–C) groups is 1. The summed E-state index contributed by atoms with van der Waals surface area (Å²) in [5, 5.41) is 0. The number of para-hydroxylation sites is 1. The highest BCUT2D eigenvalue weighted by atomic mass is 16.2. The summed E-state index contributed by atoms with van der Waals surface area (Å²) in [6.07, 6.45) is 3.54. The Labute approximate surface area is 96.8 Å². The van der Waals surface area contributed by atoms with E-state index in [0.29, 0.717) is 6.54 Å². The van der Waals surface area contributed by atoms with Crippen LogP contribution in [-0.4, -0.2) is 18.8 Å². The molecular weight excluding hydrogens is 200 g/mol. The van der Waals surface area contributed by atoms with Gasteiger partial charge in [-0.15, -0.1) is 0 Å². The molecule has 1 aromatic carbocycles. The van der Waals surface area contributed by atoms with E-state index in [1.54, 1.807) is 11.1 Å². The van der Waals surface area contributed by atoms with E-state index >= 15 is 0 Å². The van der Waals surface area contributed by atoms with Crippen molar-refractivity contribution < 1.29 is 4.79 Å². The molecule has 3 nitrogen and oxygen atoms in total. The molecule has 0 N–H and O–H groups in total. The number of anilines is 1. The monoisotopic (exact) mass is 218 g/mol. The molecule has 0 aliphatic heterocycles. The maximum Gasteiger partial charge on any atom is 0.347 e. The maximum atomic E-state index is 11.8. The van der Waals surface area contributed by atoms with Gasteiger partial charge >= 0.3 is 6.03 Å². The number of rotatable bonds is 4. The summed E-state index contributed by atoms with van der Waals surface area (Å²) in [5.74, 6) is 0. The molecule has 0 aliphatic rings. The van der Waals surface area contributed by atoms with E-state index < -0.39 is 0 Å². The van der Waals surface area contributed by atoms with Crippen LogP contribution in [0.2, 0.25) is 0 Å². The molecular formula is C13H18N2O. The molecule has 16 heavy (non-hydrogen) atoms. The van der Waals surface area contributed by atoms with Gasteiger partial charge in [-0.1, -0.05) is 31.5 Å². The Morgan fingerprint density at radius 2 is 2.00 bits per heavy atom. The van der Waals surface area contributed by atoms with E-state index in [2.05, 4.69) is 11.9 Å². The molecule has 0 saturated carbocycles. The minimum atomic E-state index is -0.192. The quantitative estimate of drug-likeness (QED) is 0.712. The van der Waals surface area contributed by atoms with Crippen LogP contribution in [0.25, 0.3) is 0 Å². The average molecular weight is 218 g/mol. The fourth-order valence-corrected chi connectivity index (χ4v) is 1.38. The van der Waals surface area contributed by atoms with Gasteiger partial charge in [0.2, 0.25) is 0 Å². The van der Waals surface area contributed by atoms with Crippen LogP contribution in [0.5, 0.6) is 0 Å². The van der Waals surface area contributed by atoms with Gasteiger partial charge < -0.3 is 0 Å². The highest BCUT2D eigenvalue weighted by Crippen LogP contribution is 2.13. The van der Waals surface area contributed by atoms with Crippen molar-refractivity contribution in [3.63, 3.8) is 0 Å². The summed E-state index contributed by atoms with van der Waals surface area (Å²) in [6, 6.07) is 9.40. The number of hydrogen-bond acceptors (Lipinski definition) is 1. The SMILES string of the molecule is CCCC=NC(=O)N(CC)c1ccccc1. The lowest BCUT2D eigenvalue weighted by Gasteiger charge is -2.17. The number of hydrogen-bond donors (Lipinski definition) is 0. The summed E-state index contributed by atoms with van der Waals surface area (Å²) in [5.41, 5.74) is 0.892. The van der Waals surface area contributed by atoms with Gasteiger partial charge in [-0.05, 0) is 25.5 Å². The lowest BCUT2D eigenvalue weighted by molar-refractivity contribution is 0.254. The predicted molar refractivity (Wildman–Crippen MR) is 68.3 cm³/mol. The lowest BCUT2D eigenvalue weighted by Crippen LogP contribution is -2.27. The van der Waals surface area contributed by atoms with Crippen LogP contribution in [0.3, 0.4) is 0 Å². The second-order valence-electron chi connectivity index (χ2n) is 3.46. The van der Waals surface area contributed by atoms with Crippen LogP contribution in [0.4, 0.5) is 10.5 Å². The third-order valence-electron chi connectivity index (χ3n) is 2.23. The van der Waals surface area contributed by atoms with Crippen molar-refractivity contribution in [3.8, 4) is 0 Å². The number of urea groups is 1. The molecule has 0 unspecified atom stereocenters. The van der Waals surface area contributed by atoms with Crippen LogP contribution in [0.15, 0.2) is 35.3 Å². The summed E-state index contributed by atoms with van der Waals surface area (Å²) in [7, 11) is 0. The first-order chi connectivity index (χ1) is 7.79. The number of nitrogens with zero attached hydrogens (tertiary/aromatic N) is 2. The van der Waals surface area contributed by atoms with Crippen molar-refractivity contribution in [2.45, 2.75) is 26.7 Å². The Morgan fingerprint density at radius 1 is 1.31 bits per heavy atom. The maximum absolute atomic E-state index is 11.8. The molecule has 0 saturated heterocycles. The minimum absolute atomic E-state index is 0.192. The van der Waals surface area contributed by atoms with Crippen molar-refractivity contribution in [3.05, 3.63) is 30.3 Å². The Hall–Kier alpha value is -1.64. The Morgan fingerprint density at radius 3 is 2.56 bits per heavy atom.